The summed E-state index contributed by atoms with van der Waals surface area (Å²) in [6.45, 7) is 9.01. The Hall–Kier alpha value is -2.19. The lowest BCUT2D eigenvalue weighted by atomic mass is 9.82. The van der Waals surface area contributed by atoms with Gasteiger partial charge in [0, 0.05) is 11.8 Å². The molecule has 0 spiro atoms. The van der Waals surface area contributed by atoms with Crippen molar-refractivity contribution in [2.75, 3.05) is 0 Å². The predicted octanol–water partition coefficient (Wildman–Crippen LogP) is 6.72. The minimum atomic E-state index is 0.0921. The monoisotopic (exact) mass is 331 g/mol. The van der Waals surface area contributed by atoms with Crippen molar-refractivity contribution in [1.82, 2.24) is 4.98 Å². The highest BCUT2D eigenvalue weighted by molar-refractivity contribution is 7.18. The Morgan fingerprint density at radius 1 is 0.958 bits per heavy atom. The van der Waals surface area contributed by atoms with Gasteiger partial charge in [-0.05, 0) is 63.2 Å². The average Bonchev–Trinajstić information content (AvgIpc) is 2.94. The lowest BCUT2D eigenvalue weighted by molar-refractivity contribution is 0.596. The van der Waals surface area contributed by atoms with Gasteiger partial charge in [0.05, 0.1) is 10.4 Å². The van der Waals surface area contributed by atoms with Gasteiger partial charge in [-0.1, -0.05) is 45.0 Å². The zero-order chi connectivity index (χ0) is 16.9. The van der Waals surface area contributed by atoms with E-state index in [-0.39, 0.29) is 5.41 Å². The molecule has 0 aliphatic heterocycles. The van der Waals surface area contributed by atoms with Gasteiger partial charge in [-0.3, -0.25) is 4.98 Å². The topological polar surface area (TPSA) is 12.9 Å². The molecule has 0 N–H and O–H groups in total. The molecular formula is C22H21NS. The third kappa shape index (κ3) is 2.42. The number of nitrogens with zero attached hydrogens (tertiary/aromatic N) is 1. The van der Waals surface area contributed by atoms with Crippen LogP contribution >= 0.6 is 11.3 Å². The number of rotatable bonds is 1. The van der Waals surface area contributed by atoms with Crippen molar-refractivity contribution < 1.29 is 0 Å². The smallest absolute Gasteiger partial charge is 0.0880 e. The number of thiophene rings is 1. The molecule has 0 aliphatic carbocycles. The van der Waals surface area contributed by atoms with Crippen LogP contribution in [0.5, 0.6) is 0 Å². The van der Waals surface area contributed by atoms with Crippen molar-refractivity contribution in [1.29, 1.82) is 0 Å². The number of hydrogen-bond acceptors (Lipinski definition) is 2. The van der Waals surface area contributed by atoms with E-state index in [1.807, 2.05) is 6.20 Å². The van der Waals surface area contributed by atoms with E-state index in [2.05, 4.69) is 75.5 Å². The number of aryl methyl sites for hydroxylation is 1. The number of benzene rings is 2. The average molecular weight is 331 g/mol. The van der Waals surface area contributed by atoms with E-state index in [9.17, 15) is 0 Å². The maximum absolute atomic E-state index is 4.73. The fourth-order valence-corrected chi connectivity index (χ4v) is 4.42. The summed E-state index contributed by atoms with van der Waals surface area (Å²) in [5.41, 5.74) is 5.11. The van der Waals surface area contributed by atoms with Crippen LogP contribution in [0, 0.1) is 6.92 Å². The Labute approximate surface area is 147 Å². The van der Waals surface area contributed by atoms with E-state index in [0.717, 1.165) is 5.69 Å². The van der Waals surface area contributed by atoms with Gasteiger partial charge in [0.2, 0.25) is 0 Å². The molecule has 0 saturated carbocycles. The summed E-state index contributed by atoms with van der Waals surface area (Å²) in [4.78, 5) is 4.73. The molecule has 2 heterocycles. The van der Waals surface area contributed by atoms with Crippen LogP contribution in [0.25, 0.3) is 32.1 Å². The quantitative estimate of drug-likeness (QED) is 0.377. The van der Waals surface area contributed by atoms with E-state index >= 15 is 0 Å². The Morgan fingerprint density at radius 2 is 1.75 bits per heavy atom. The van der Waals surface area contributed by atoms with Gasteiger partial charge in [-0.15, -0.1) is 11.3 Å². The van der Waals surface area contributed by atoms with Crippen molar-refractivity contribution >= 4 is 32.2 Å². The van der Waals surface area contributed by atoms with E-state index in [0.29, 0.717) is 0 Å². The molecule has 2 aromatic carbocycles. The molecule has 0 aliphatic rings. The first kappa shape index (κ1) is 15.3. The predicted molar refractivity (Wildman–Crippen MR) is 106 cm³/mol. The second kappa shape index (κ2) is 5.42. The second-order valence-corrected chi connectivity index (χ2v) is 8.33. The van der Waals surface area contributed by atoms with E-state index in [1.165, 1.54) is 37.5 Å². The van der Waals surface area contributed by atoms with Crippen LogP contribution in [0.15, 0.2) is 54.0 Å². The van der Waals surface area contributed by atoms with E-state index in [4.69, 9.17) is 4.98 Å². The fourth-order valence-electron chi connectivity index (χ4n) is 3.36. The number of pyridine rings is 1. The molecule has 0 bridgehead atoms. The highest BCUT2D eigenvalue weighted by atomic mass is 32.1. The van der Waals surface area contributed by atoms with Crippen LogP contribution in [0.2, 0.25) is 0 Å². The maximum atomic E-state index is 4.73. The summed E-state index contributed by atoms with van der Waals surface area (Å²) in [6, 6.07) is 15.4. The lowest BCUT2D eigenvalue weighted by Crippen LogP contribution is -2.12. The maximum Gasteiger partial charge on any atom is 0.0880 e. The third-order valence-corrected chi connectivity index (χ3v) is 5.75. The molecule has 0 unspecified atom stereocenters. The van der Waals surface area contributed by atoms with Crippen LogP contribution in [0.3, 0.4) is 0 Å². The Kier molecular flexibility index (Phi) is 3.47. The largest absolute Gasteiger partial charge is 0.255 e. The number of hydrogen-bond donors (Lipinski definition) is 0. The summed E-state index contributed by atoms with van der Waals surface area (Å²) in [7, 11) is 0. The van der Waals surface area contributed by atoms with Gasteiger partial charge in [0.1, 0.15) is 0 Å². The Morgan fingerprint density at radius 3 is 2.54 bits per heavy atom. The summed E-state index contributed by atoms with van der Waals surface area (Å²) < 4.78 is 1.28. The van der Waals surface area contributed by atoms with Crippen LogP contribution in [0.1, 0.15) is 31.9 Å². The van der Waals surface area contributed by atoms with Gasteiger partial charge < -0.3 is 0 Å². The molecule has 0 atom stereocenters. The molecule has 120 valence electrons. The van der Waals surface area contributed by atoms with Crippen molar-refractivity contribution in [3.05, 3.63) is 65.2 Å². The molecule has 0 radical (unpaired) electrons. The second-order valence-electron chi connectivity index (χ2n) is 7.45. The van der Waals surface area contributed by atoms with Gasteiger partial charge in [-0.25, -0.2) is 0 Å². The first-order valence-electron chi connectivity index (χ1n) is 8.31. The van der Waals surface area contributed by atoms with Gasteiger partial charge >= 0.3 is 0 Å². The summed E-state index contributed by atoms with van der Waals surface area (Å²) >= 11 is 1.79. The third-order valence-electron chi connectivity index (χ3n) is 4.63. The molecule has 1 nitrogen and oxygen atoms in total. The van der Waals surface area contributed by atoms with Gasteiger partial charge in [-0.2, -0.15) is 0 Å². The lowest BCUT2D eigenvalue weighted by Gasteiger charge is -2.22. The molecule has 24 heavy (non-hydrogen) atoms. The standard InChI is InChI=1S/C22H21NS/c1-14-13-24-21-17(14)9-10-23-20(21)16-11-15-7-5-6-8-18(15)19(12-16)22(2,3)4/h5-13H,1-4H3. The van der Waals surface area contributed by atoms with E-state index < -0.39 is 0 Å². The molecule has 4 aromatic rings. The Balaban J connectivity index is 2.07. The summed E-state index contributed by atoms with van der Waals surface area (Å²) in [5, 5.41) is 6.16. The SMILES string of the molecule is Cc1csc2c(-c3cc(C(C)(C)C)c4ccccc4c3)nccc12. The minimum Gasteiger partial charge on any atom is -0.255 e. The van der Waals surface area contributed by atoms with Crippen molar-refractivity contribution in [3.8, 4) is 11.3 Å². The van der Waals surface area contributed by atoms with Crippen LogP contribution in [-0.4, -0.2) is 4.98 Å². The number of fused-ring (bicyclic) bond motifs is 2. The van der Waals surface area contributed by atoms with Crippen LogP contribution in [-0.2, 0) is 5.41 Å². The normalized spacial score (nSPS) is 12.2. The molecule has 0 fully saturated rings. The van der Waals surface area contributed by atoms with Crippen molar-refractivity contribution in [3.63, 3.8) is 0 Å². The van der Waals surface area contributed by atoms with Crippen molar-refractivity contribution in [2.24, 2.45) is 0 Å². The summed E-state index contributed by atoms with van der Waals surface area (Å²) in [5.74, 6) is 0. The molecule has 0 amide bonds. The van der Waals surface area contributed by atoms with Crippen LogP contribution < -0.4 is 0 Å². The first-order chi connectivity index (χ1) is 11.4. The Bertz CT molecular complexity index is 1050. The zero-order valence-corrected chi connectivity index (χ0v) is 15.4. The van der Waals surface area contributed by atoms with Gasteiger partial charge in [0.15, 0.2) is 0 Å². The first-order valence-corrected chi connectivity index (χ1v) is 9.19. The molecular weight excluding hydrogens is 310 g/mol. The van der Waals surface area contributed by atoms with Crippen molar-refractivity contribution in [2.45, 2.75) is 33.1 Å². The molecule has 0 saturated heterocycles. The molecule has 4 rings (SSSR count). The minimum absolute atomic E-state index is 0.0921. The summed E-state index contributed by atoms with van der Waals surface area (Å²) in [6.07, 6.45) is 1.93. The van der Waals surface area contributed by atoms with Gasteiger partial charge in [0.25, 0.3) is 0 Å². The highest BCUT2D eigenvalue weighted by Crippen LogP contribution is 2.38. The molecule has 2 aromatic heterocycles. The number of aromatic nitrogens is 1. The zero-order valence-electron chi connectivity index (χ0n) is 14.6. The van der Waals surface area contributed by atoms with Crippen LogP contribution in [0.4, 0.5) is 0 Å². The van der Waals surface area contributed by atoms with E-state index in [1.54, 1.807) is 11.3 Å². The highest BCUT2D eigenvalue weighted by Gasteiger charge is 2.19. The molecule has 2 heteroatoms. The fraction of sp³-hybridized carbons (Fsp3) is 0.227.